The normalized spacial score (nSPS) is 13.6. The summed E-state index contributed by atoms with van der Waals surface area (Å²) in [6, 6.07) is 1.46. The lowest BCUT2D eigenvalue weighted by Crippen LogP contribution is -2.31. The van der Waals surface area contributed by atoms with Gasteiger partial charge >= 0.3 is 5.97 Å². The Morgan fingerprint density at radius 2 is 2.16 bits per heavy atom. The molecule has 0 saturated heterocycles. The second kappa shape index (κ2) is 6.72. The minimum Gasteiger partial charge on any atom is -0.481 e. The Hall–Kier alpha value is -1.34. The molecule has 0 aromatic carbocycles. The first-order chi connectivity index (χ1) is 8.81. The highest BCUT2D eigenvalue weighted by Crippen LogP contribution is 2.16. The number of carboxylic acids is 1. The lowest BCUT2D eigenvalue weighted by molar-refractivity contribution is -0.138. The minimum absolute atomic E-state index is 0.0339. The van der Waals surface area contributed by atoms with E-state index in [0.717, 1.165) is 0 Å². The van der Waals surface area contributed by atoms with Crippen molar-refractivity contribution in [3.05, 3.63) is 18.5 Å². The monoisotopic (exact) mass is 288 g/mol. The van der Waals surface area contributed by atoms with Crippen LogP contribution in [0.3, 0.4) is 0 Å². The van der Waals surface area contributed by atoms with Crippen LogP contribution < -0.4 is 4.72 Å². The zero-order chi connectivity index (χ0) is 14.5. The van der Waals surface area contributed by atoms with Crippen LogP contribution in [0.15, 0.2) is 23.4 Å². The summed E-state index contributed by atoms with van der Waals surface area (Å²) in [6.45, 7) is 4.10. The number of aromatic amines is 1. The first kappa shape index (κ1) is 15.7. The van der Waals surface area contributed by atoms with Crippen LogP contribution in [0.1, 0.15) is 26.7 Å². The first-order valence-corrected chi connectivity index (χ1v) is 7.64. The predicted molar refractivity (Wildman–Crippen MR) is 71.2 cm³/mol. The maximum absolute atomic E-state index is 11.9. The highest BCUT2D eigenvalue weighted by Gasteiger charge is 2.20. The van der Waals surface area contributed by atoms with Crippen molar-refractivity contribution in [1.29, 1.82) is 0 Å². The van der Waals surface area contributed by atoms with Gasteiger partial charge in [0.05, 0.1) is 4.90 Å². The quantitative estimate of drug-likeness (QED) is 0.673. The van der Waals surface area contributed by atoms with E-state index in [1.54, 1.807) is 0 Å². The van der Waals surface area contributed by atoms with E-state index in [1.807, 2.05) is 13.8 Å². The predicted octanol–water partition coefficient (Wildman–Crippen LogP) is 1.43. The summed E-state index contributed by atoms with van der Waals surface area (Å²) in [7, 11) is -3.56. The Morgan fingerprint density at radius 1 is 1.47 bits per heavy atom. The third kappa shape index (κ3) is 5.44. The van der Waals surface area contributed by atoms with Gasteiger partial charge in [0.1, 0.15) is 0 Å². The fraction of sp³-hybridized carbons (Fsp3) is 0.583. The van der Waals surface area contributed by atoms with Gasteiger partial charge in [-0.3, -0.25) is 4.79 Å². The van der Waals surface area contributed by atoms with Crippen LogP contribution in [0.25, 0.3) is 0 Å². The average molecular weight is 288 g/mol. The average Bonchev–Trinajstić information content (AvgIpc) is 2.78. The van der Waals surface area contributed by atoms with Crippen molar-refractivity contribution in [2.24, 2.45) is 11.8 Å². The van der Waals surface area contributed by atoms with Crippen molar-refractivity contribution in [2.45, 2.75) is 31.6 Å². The molecule has 0 aliphatic heterocycles. The number of aliphatic carboxylic acids is 1. The second-order valence-electron chi connectivity index (χ2n) is 4.99. The Labute approximate surface area is 113 Å². The molecule has 0 aliphatic rings. The van der Waals surface area contributed by atoms with Gasteiger partial charge in [0, 0.05) is 25.4 Å². The number of hydrogen-bond donors (Lipinski definition) is 3. The Kier molecular flexibility index (Phi) is 5.56. The van der Waals surface area contributed by atoms with Gasteiger partial charge in [0.15, 0.2) is 0 Å². The molecule has 0 aliphatic carbocycles. The summed E-state index contributed by atoms with van der Waals surface area (Å²) in [6.07, 6.45) is 3.55. The van der Waals surface area contributed by atoms with Crippen LogP contribution in [0.2, 0.25) is 0 Å². The molecule has 0 unspecified atom stereocenters. The van der Waals surface area contributed by atoms with E-state index in [1.165, 1.54) is 18.5 Å². The van der Waals surface area contributed by atoms with Gasteiger partial charge in [-0.25, -0.2) is 13.1 Å². The lowest BCUT2D eigenvalue weighted by Gasteiger charge is -2.17. The summed E-state index contributed by atoms with van der Waals surface area (Å²) >= 11 is 0. The number of aromatic nitrogens is 1. The molecular weight excluding hydrogens is 268 g/mol. The van der Waals surface area contributed by atoms with Gasteiger partial charge in [-0.1, -0.05) is 13.8 Å². The van der Waals surface area contributed by atoms with E-state index in [2.05, 4.69) is 9.71 Å². The molecular formula is C12H20N2O4S. The molecule has 0 saturated carbocycles. The second-order valence-corrected chi connectivity index (χ2v) is 6.76. The molecule has 0 fully saturated rings. The molecule has 3 N–H and O–H groups in total. The maximum Gasteiger partial charge on any atom is 0.303 e. The van der Waals surface area contributed by atoms with E-state index in [9.17, 15) is 13.2 Å². The molecule has 0 amide bonds. The number of rotatable bonds is 8. The van der Waals surface area contributed by atoms with Gasteiger partial charge in [0.25, 0.3) is 0 Å². The topological polar surface area (TPSA) is 99.3 Å². The van der Waals surface area contributed by atoms with Crippen LogP contribution in [0.5, 0.6) is 0 Å². The molecule has 0 bridgehead atoms. The summed E-state index contributed by atoms with van der Waals surface area (Å²) in [5.41, 5.74) is 0. The summed E-state index contributed by atoms with van der Waals surface area (Å²) < 4.78 is 26.2. The largest absolute Gasteiger partial charge is 0.481 e. The number of sulfonamides is 1. The molecule has 1 aromatic heterocycles. The van der Waals surface area contributed by atoms with Crippen molar-refractivity contribution in [2.75, 3.05) is 6.54 Å². The molecule has 1 aromatic rings. The zero-order valence-electron chi connectivity index (χ0n) is 11.1. The van der Waals surface area contributed by atoms with E-state index in [4.69, 9.17) is 5.11 Å². The van der Waals surface area contributed by atoms with Gasteiger partial charge in [-0.2, -0.15) is 0 Å². The van der Waals surface area contributed by atoms with E-state index < -0.39 is 16.0 Å². The van der Waals surface area contributed by atoms with E-state index >= 15 is 0 Å². The molecule has 19 heavy (non-hydrogen) atoms. The van der Waals surface area contributed by atoms with Crippen molar-refractivity contribution < 1.29 is 18.3 Å². The molecule has 6 nitrogen and oxygen atoms in total. The standard InChI is InChI=1S/C12H20N2O4S/c1-9(2)5-10(6-12(15)16)7-14-19(17,18)11-3-4-13-8-11/h3-4,8-10,13-14H,5-7H2,1-2H3,(H,15,16)/t10-/m0/s1. The molecule has 7 heteroatoms. The molecule has 1 heterocycles. The number of H-pyrrole nitrogens is 1. The molecule has 0 radical (unpaired) electrons. The van der Waals surface area contributed by atoms with Gasteiger partial charge < -0.3 is 10.1 Å². The molecule has 1 atom stereocenters. The lowest BCUT2D eigenvalue weighted by atomic mass is 9.94. The summed E-state index contributed by atoms with van der Waals surface area (Å²) in [5, 5.41) is 8.83. The van der Waals surface area contributed by atoms with Crippen molar-refractivity contribution in [1.82, 2.24) is 9.71 Å². The highest BCUT2D eigenvalue weighted by atomic mass is 32.2. The SMILES string of the molecule is CC(C)C[C@H](CNS(=O)(=O)c1cc[nH]c1)CC(=O)O. The van der Waals surface area contributed by atoms with Gasteiger partial charge in [-0.15, -0.1) is 0 Å². The van der Waals surface area contributed by atoms with Gasteiger partial charge in [-0.05, 0) is 24.3 Å². The van der Waals surface area contributed by atoms with Crippen LogP contribution >= 0.6 is 0 Å². The Bertz CT molecular complexity index is 494. The Balaban J connectivity index is 2.63. The summed E-state index contributed by atoms with van der Waals surface area (Å²) in [4.78, 5) is 13.6. The van der Waals surface area contributed by atoms with E-state index in [-0.39, 0.29) is 23.8 Å². The van der Waals surface area contributed by atoms with Crippen LogP contribution in [-0.2, 0) is 14.8 Å². The highest BCUT2D eigenvalue weighted by molar-refractivity contribution is 7.89. The number of nitrogens with one attached hydrogen (secondary N) is 2. The minimum atomic E-state index is -3.56. The smallest absolute Gasteiger partial charge is 0.303 e. The van der Waals surface area contributed by atoms with E-state index in [0.29, 0.717) is 12.3 Å². The first-order valence-electron chi connectivity index (χ1n) is 6.15. The third-order valence-corrected chi connectivity index (χ3v) is 4.13. The van der Waals surface area contributed by atoms with Crippen LogP contribution in [-0.4, -0.2) is 31.0 Å². The van der Waals surface area contributed by atoms with Crippen LogP contribution in [0, 0.1) is 11.8 Å². The van der Waals surface area contributed by atoms with Crippen molar-refractivity contribution in [3.63, 3.8) is 0 Å². The van der Waals surface area contributed by atoms with Crippen LogP contribution in [0.4, 0.5) is 0 Å². The molecule has 0 spiro atoms. The van der Waals surface area contributed by atoms with Crippen molar-refractivity contribution in [3.8, 4) is 0 Å². The van der Waals surface area contributed by atoms with Gasteiger partial charge in [0.2, 0.25) is 10.0 Å². The fourth-order valence-corrected chi connectivity index (χ4v) is 3.03. The number of carbonyl (C=O) groups is 1. The van der Waals surface area contributed by atoms with Crippen molar-refractivity contribution >= 4 is 16.0 Å². The summed E-state index contributed by atoms with van der Waals surface area (Å²) in [5.74, 6) is -0.793. The fourth-order valence-electron chi connectivity index (χ4n) is 1.94. The Morgan fingerprint density at radius 3 is 2.63 bits per heavy atom. The molecule has 1 rings (SSSR count). The third-order valence-electron chi connectivity index (χ3n) is 2.71. The molecule has 108 valence electrons. The number of hydrogen-bond acceptors (Lipinski definition) is 3. The number of carboxylic acid groups (broad SMARTS) is 1. The maximum atomic E-state index is 11.9. The zero-order valence-corrected chi connectivity index (χ0v) is 11.9.